The van der Waals surface area contributed by atoms with Gasteiger partial charge in [0, 0.05) is 23.4 Å². The maximum Gasteiger partial charge on any atom is 0.259 e. The molecule has 0 radical (unpaired) electrons. The van der Waals surface area contributed by atoms with E-state index in [1.807, 2.05) is 0 Å². The first-order valence-electron chi connectivity index (χ1n) is 8.72. The first-order chi connectivity index (χ1) is 14.0. The number of amides is 1. The van der Waals surface area contributed by atoms with E-state index in [9.17, 15) is 14.7 Å². The molecule has 144 valence electrons. The lowest BCUT2D eigenvalue weighted by molar-refractivity contribution is 0.1000. The number of rotatable bonds is 5. The van der Waals surface area contributed by atoms with Crippen LogP contribution in [0.5, 0.6) is 5.75 Å². The highest BCUT2D eigenvalue weighted by Crippen LogP contribution is 2.23. The van der Waals surface area contributed by atoms with Crippen LogP contribution in [0.2, 0.25) is 0 Å². The van der Waals surface area contributed by atoms with Gasteiger partial charge in [0.1, 0.15) is 5.75 Å². The number of carbonyl (C=O) groups excluding carboxylic acids is 1. The van der Waals surface area contributed by atoms with Gasteiger partial charge in [0.05, 0.1) is 12.1 Å². The number of aromatic nitrogens is 3. The van der Waals surface area contributed by atoms with Crippen molar-refractivity contribution in [3.63, 3.8) is 0 Å². The molecule has 0 saturated carbocycles. The number of aromatic hydroxyl groups is 1. The van der Waals surface area contributed by atoms with Crippen LogP contribution in [-0.4, -0.2) is 25.7 Å². The Kier molecular flexibility index (Phi) is 4.66. The highest BCUT2D eigenvalue weighted by atomic mass is 16.5. The van der Waals surface area contributed by atoms with Crippen molar-refractivity contribution >= 4 is 5.91 Å². The summed E-state index contributed by atoms with van der Waals surface area (Å²) < 4.78 is 6.82. The van der Waals surface area contributed by atoms with Crippen LogP contribution < -0.4 is 11.3 Å². The van der Waals surface area contributed by atoms with Gasteiger partial charge in [0.2, 0.25) is 11.7 Å². The molecular formula is C21H16N4O4. The lowest BCUT2D eigenvalue weighted by Crippen LogP contribution is -2.19. The van der Waals surface area contributed by atoms with Gasteiger partial charge in [-0.2, -0.15) is 4.98 Å². The highest BCUT2D eigenvalue weighted by Gasteiger charge is 2.12. The number of carbonyl (C=O) groups is 1. The summed E-state index contributed by atoms with van der Waals surface area (Å²) in [7, 11) is 0. The minimum atomic E-state index is -0.527. The van der Waals surface area contributed by atoms with Crippen LogP contribution in [0.1, 0.15) is 15.9 Å². The van der Waals surface area contributed by atoms with Crippen molar-refractivity contribution in [1.29, 1.82) is 0 Å². The van der Waals surface area contributed by atoms with E-state index in [0.717, 1.165) is 5.56 Å². The third kappa shape index (κ3) is 3.91. The average molecular weight is 388 g/mol. The minimum Gasteiger partial charge on any atom is -0.508 e. The van der Waals surface area contributed by atoms with E-state index < -0.39 is 5.91 Å². The van der Waals surface area contributed by atoms with Gasteiger partial charge in [-0.25, -0.2) is 0 Å². The maximum absolute atomic E-state index is 12.3. The fourth-order valence-electron chi connectivity index (χ4n) is 2.87. The molecular weight excluding hydrogens is 372 g/mol. The Morgan fingerprint density at radius 1 is 1.07 bits per heavy atom. The fourth-order valence-corrected chi connectivity index (χ4v) is 2.87. The van der Waals surface area contributed by atoms with Gasteiger partial charge in [0.15, 0.2) is 0 Å². The van der Waals surface area contributed by atoms with Crippen LogP contribution >= 0.6 is 0 Å². The summed E-state index contributed by atoms with van der Waals surface area (Å²) >= 11 is 0. The molecule has 0 saturated heterocycles. The number of nitrogens with two attached hydrogens (primary N) is 1. The third-order valence-electron chi connectivity index (χ3n) is 4.35. The molecule has 3 N–H and O–H groups in total. The quantitative estimate of drug-likeness (QED) is 0.541. The minimum absolute atomic E-state index is 0.143. The molecule has 4 rings (SSSR count). The zero-order valence-corrected chi connectivity index (χ0v) is 15.1. The van der Waals surface area contributed by atoms with E-state index in [4.69, 9.17) is 10.3 Å². The van der Waals surface area contributed by atoms with Crippen LogP contribution in [0.15, 0.2) is 76.2 Å². The van der Waals surface area contributed by atoms with E-state index >= 15 is 0 Å². The summed E-state index contributed by atoms with van der Waals surface area (Å²) in [5.41, 5.74) is 7.51. The second-order valence-electron chi connectivity index (χ2n) is 6.42. The van der Waals surface area contributed by atoms with Crippen LogP contribution in [-0.2, 0) is 6.54 Å². The molecule has 0 atom stereocenters. The van der Waals surface area contributed by atoms with Crippen molar-refractivity contribution in [1.82, 2.24) is 14.7 Å². The van der Waals surface area contributed by atoms with E-state index in [1.165, 1.54) is 22.8 Å². The molecule has 2 aromatic carbocycles. The lowest BCUT2D eigenvalue weighted by Gasteiger charge is -2.07. The molecule has 1 amide bonds. The fraction of sp³-hybridized carbons (Fsp3) is 0.0476. The number of hydrogen-bond donors (Lipinski definition) is 2. The van der Waals surface area contributed by atoms with Crippen molar-refractivity contribution in [2.45, 2.75) is 6.54 Å². The third-order valence-corrected chi connectivity index (χ3v) is 4.35. The van der Waals surface area contributed by atoms with Crippen LogP contribution in [0, 0.1) is 0 Å². The smallest absolute Gasteiger partial charge is 0.259 e. The van der Waals surface area contributed by atoms with Crippen molar-refractivity contribution in [2.24, 2.45) is 5.73 Å². The van der Waals surface area contributed by atoms with Crippen LogP contribution in [0.25, 0.3) is 22.8 Å². The molecule has 0 spiro atoms. The average Bonchev–Trinajstić information content (AvgIpc) is 3.20. The molecule has 0 aliphatic rings. The number of hydrogen-bond acceptors (Lipinski definition) is 6. The van der Waals surface area contributed by atoms with Gasteiger partial charge in [-0.15, -0.1) is 0 Å². The Balaban J connectivity index is 1.64. The van der Waals surface area contributed by atoms with E-state index in [2.05, 4.69) is 10.1 Å². The van der Waals surface area contributed by atoms with Gasteiger partial charge in [-0.3, -0.25) is 9.59 Å². The second-order valence-corrected chi connectivity index (χ2v) is 6.42. The first kappa shape index (κ1) is 18.2. The maximum atomic E-state index is 12.3. The topological polar surface area (TPSA) is 124 Å². The standard InChI is InChI=1S/C21H16N4O4/c22-19(28)15-3-1-2-13(10-15)11-25-12-16(6-9-18(25)27)21-23-20(24-29-21)14-4-7-17(26)8-5-14/h1-10,12,26H,11H2,(H2,22,28). The largest absolute Gasteiger partial charge is 0.508 e. The van der Waals surface area contributed by atoms with Gasteiger partial charge >= 0.3 is 0 Å². The van der Waals surface area contributed by atoms with Crippen LogP contribution in [0.3, 0.4) is 0 Å². The molecule has 29 heavy (non-hydrogen) atoms. The second kappa shape index (κ2) is 7.43. The Labute approximate surface area is 164 Å². The van der Waals surface area contributed by atoms with Gasteiger partial charge in [0.25, 0.3) is 11.4 Å². The molecule has 0 aliphatic heterocycles. The molecule has 2 aromatic heterocycles. The molecule has 0 fully saturated rings. The monoisotopic (exact) mass is 388 g/mol. The molecule has 0 unspecified atom stereocenters. The summed E-state index contributed by atoms with van der Waals surface area (Å²) in [4.78, 5) is 28.0. The van der Waals surface area contributed by atoms with Gasteiger partial charge < -0.3 is 19.9 Å². The summed E-state index contributed by atoms with van der Waals surface area (Å²) in [6.07, 6.45) is 1.62. The first-order valence-corrected chi connectivity index (χ1v) is 8.72. The Hall–Kier alpha value is -4.20. The van der Waals surface area contributed by atoms with Crippen molar-refractivity contribution < 1.29 is 14.4 Å². The summed E-state index contributed by atoms with van der Waals surface area (Å²) in [5.74, 6) is 0.241. The molecule has 0 bridgehead atoms. The number of benzene rings is 2. The number of phenols is 1. The number of pyridine rings is 1. The van der Waals surface area contributed by atoms with Gasteiger partial charge in [-0.05, 0) is 48.0 Å². The predicted octanol–water partition coefficient (Wildman–Crippen LogP) is 2.42. The van der Waals surface area contributed by atoms with Crippen molar-refractivity contribution in [2.75, 3.05) is 0 Å². The van der Waals surface area contributed by atoms with E-state index in [-0.39, 0.29) is 23.7 Å². The molecule has 4 aromatic rings. The molecule has 8 heteroatoms. The van der Waals surface area contributed by atoms with Crippen LogP contribution in [0.4, 0.5) is 0 Å². The molecule has 0 aliphatic carbocycles. The summed E-state index contributed by atoms with van der Waals surface area (Å²) in [5, 5.41) is 13.3. The highest BCUT2D eigenvalue weighted by molar-refractivity contribution is 5.92. The van der Waals surface area contributed by atoms with Gasteiger partial charge in [-0.1, -0.05) is 17.3 Å². The van der Waals surface area contributed by atoms with Crippen molar-refractivity contribution in [3.05, 3.63) is 88.3 Å². The predicted molar refractivity (Wildman–Crippen MR) is 105 cm³/mol. The SMILES string of the molecule is NC(=O)c1cccc(Cn2cc(-c3nc(-c4ccc(O)cc4)no3)ccc2=O)c1. The Bertz CT molecular complexity index is 1240. The summed E-state index contributed by atoms with van der Waals surface area (Å²) in [6, 6.07) is 16.2. The molecule has 2 heterocycles. The zero-order chi connectivity index (χ0) is 20.4. The Morgan fingerprint density at radius 2 is 1.83 bits per heavy atom. The normalized spacial score (nSPS) is 10.8. The number of nitrogens with zero attached hydrogens (tertiary/aromatic N) is 3. The Morgan fingerprint density at radius 3 is 2.59 bits per heavy atom. The summed E-state index contributed by atoms with van der Waals surface area (Å²) in [6.45, 7) is 0.257. The molecule has 8 nitrogen and oxygen atoms in total. The lowest BCUT2D eigenvalue weighted by atomic mass is 10.1. The number of phenolic OH excluding ortho intramolecular Hbond substituents is 1. The zero-order valence-electron chi connectivity index (χ0n) is 15.1. The number of primary amides is 1. The van der Waals surface area contributed by atoms with Crippen molar-refractivity contribution in [3.8, 4) is 28.6 Å². The van der Waals surface area contributed by atoms with E-state index in [0.29, 0.717) is 22.5 Å². The van der Waals surface area contributed by atoms with E-state index in [1.54, 1.807) is 48.7 Å².